The minimum absolute atomic E-state index is 0.0718. The van der Waals surface area contributed by atoms with E-state index >= 15 is 0 Å². The van der Waals surface area contributed by atoms with Crippen LogP contribution in [0.25, 0.3) is 0 Å². The number of carbonyl (C=O) groups is 1. The van der Waals surface area contributed by atoms with E-state index in [0.29, 0.717) is 11.3 Å². The lowest BCUT2D eigenvalue weighted by Gasteiger charge is -2.19. The number of aromatic nitrogens is 1. The third kappa shape index (κ3) is 4.56. The van der Waals surface area contributed by atoms with Crippen molar-refractivity contribution in [3.05, 3.63) is 47.2 Å². The van der Waals surface area contributed by atoms with Crippen LogP contribution >= 0.6 is 0 Å². The molecule has 124 valence electrons. The Kier molecular flexibility index (Phi) is 5.05. The molecule has 0 unspecified atom stereocenters. The van der Waals surface area contributed by atoms with Crippen LogP contribution < -0.4 is 9.62 Å². The van der Waals surface area contributed by atoms with Crippen LogP contribution in [0.2, 0.25) is 0 Å². The quantitative estimate of drug-likeness (QED) is 0.862. The zero-order valence-electron chi connectivity index (χ0n) is 13.2. The first-order valence-corrected chi connectivity index (χ1v) is 8.88. The molecule has 0 fully saturated rings. The van der Waals surface area contributed by atoms with E-state index in [1.165, 1.54) is 6.07 Å². The smallest absolute Gasteiger partial charge is 0.251 e. The molecule has 1 amide bonds. The van der Waals surface area contributed by atoms with Crippen LogP contribution in [0.3, 0.4) is 0 Å². The summed E-state index contributed by atoms with van der Waals surface area (Å²) < 4.78 is 29.7. The van der Waals surface area contributed by atoms with Crippen molar-refractivity contribution in [3.8, 4) is 0 Å². The fraction of sp³-hybridized carbons (Fsp3) is 0.333. The molecule has 2 aromatic rings. The second kappa shape index (κ2) is 6.82. The number of nitrogens with one attached hydrogen (secondary N) is 1. The number of benzene rings is 1. The van der Waals surface area contributed by atoms with Crippen LogP contribution in [0, 0.1) is 13.8 Å². The fourth-order valence-corrected chi connectivity index (χ4v) is 2.93. The van der Waals surface area contributed by atoms with E-state index in [9.17, 15) is 13.2 Å². The van der Waals surface area contributed by atoms with Gasteiger partial charge in [0.25, 0.3) is 5.91 Å². The van der Waals surface area contributed by atoms with Gasteiger partial charge in [0, 0.05) is 18.2 Å². The van der Waals surface area contributed by atoms with Gasteiger partial charge in [-0.2, -0.15) is 0 Å². The Bertz CT molecular complexity index is 799. The number of sulfonamides is 1. The molecule has 8 heteroatoms. The van der Waals surface area contributed by atoms with Crippen molar-refractivity contribution in [2.75, 3.05) is 23.7 Å². The van der Waals surface area contributed by atoms with Crippen molar-refractivity contribution in [1.82, 2.24) is 10.5 Å². The van der Waals surface area contributed by atoms with E-state index in [1.807, 2.05) is 13.0 Å². The van der Waals surface area contributed by atoms with E-state index < -0.39 is 10.0 Å². The molecule has 1 aromatic carbocycles. The number of hydrogen-bond acceptors (Lipinski definition) is 5. The molecule has 0 spiro atoms. The lowest BCUT2D eigenvalue weighted by molar-refractivity contribution is 0.0954. The van der Waals surface area contributed by atoms with Gasteiger partial charge < -0.3 is 9.84 Å². The number of nitrogens with zero attached hydrogens (tertiary/aromatic N) is 2. The summed E-state index contributed by atoms with van der Waals surface area (Å²) in [5.74, 6) is 0.464. The molecule has 0 aliphatic carbocycles. The molecule has 2 rings (SSSR count). The third-order valence-corrected chi connectivity index (χ3v) is 4.32. The summed E-state index contributed by atoms with van der Waals surface area (Å²) in [6.07, 6.45) is 1.08. The zero-order chi connectivity index (χ0) is 17.0. The van der Waals surface area contributed by atoms with E-state index in [-0.39, 0.29) is 24.8 Å². The van der Waals surface area contributed by atoms with Crippen LogP contribution in [0.4, 0.5) is 5.82 Å². The van der Waals surface area contributed by atoms with Crippen LogP contribution in [-0.4, -0.2) is 38.8 Å². The second-order valence-corrected chi connectivity index (χ2v) is 7.16. The Balaban J connectivity index is 2.01. The van der Waals surface area contributed by atoms with Crippen molar-refractivity contribution < 1.29 is 17.7 Å². The number of amides is 1. The highest BCUT2D eigenvalue weighted by atomic mass is 32.2. The molecule has 1 heterocycles. The maximum absolute atomic E-state index is 12.1. The van der Waals surface area contributed by atoms with Gasteiger partial charge in [0.2, 0.25) is 10.0 Å². The van der Waals surface area contributed by atoms with Crippen molar-refractivity contribution >= 4 is 21.7 Å². The highest BCUT2D eigenvalue weighted by Crippen LogP contribution is 2.16. The number of carbonyl (C=O) groups excluding carboxylic acids is 1. The number of aryl methyl sites for hydroxylation is 2. The summed E-state index contributed by atoms with van der Waals surface area (Å²) in [6.45, 7) is 3.81. The average Bonchev–Trinajstić information content (AvgIpc) is 2.88. The lowest BCUT2D eigenvalue weighted by atomic mass is 10.1. The summed E-state index contributed by atoms with van der Waals surface area (Å²) in [4.78, 5) is 12.1. The fourth-order valence-electron chi connectivity index (χ4n) is 2.08. The monoisotopic (exact) mass is 337 g/mol. The Hall–Kier alpha value is -2.35. The number of anilines is 1. The number of rotatable bonds is 6. The lowest BCUT2D eigenvalue weighted by Crippen LogP contribution is -2.38. The first-order chi connectivity index (χ1) is 10.8. The molecular formula is C15H19N3O4S. The average molecular weight is 337 g/mol. The normalized spacial score (nSPS) is 11.3. The summed E-state index contributed by atoms with van der Waals surface area (Å²) in [5.41, 5.74) is 1.52. The zero-order valence-corrected chi connectivity index (χ0v) is 14.1. The molecule has 0 saturated heterocycles. The van der Waals surface area contributed by atoms with Gasteiger partial charge in [0.05, 0.1) is 12.8 Å². The van der Waals surface area contributed by atoms with Crippen molar-refractivity contribution in [2.45, 2.75) is 13.8 Å². The van der Waals surface area contributed by atoms with Gasteiger partial charge in [-0.3, -0.25) is 4.79 Å². The van der Waals surface area contributed by atoms with E-state index in [2.05, 4.69) is 10.5 Å². The second-order valence-electron chi connectivity index (χ2n) is 5.26. The molecule has 0 radical (unpaired) electrons. The van der Waals surface area contributed by atoms with Crippen molar-refractivity contribution in [1.29, 1.82) is 0 Å². The van der Waals surface area contributed by atoms with Crippen LogP contribution in [-0.2, 0) is 10.0 Å². The maximum atomic E-state index is 12.1. The molecule has 1 aromatic heterocycles. The minimum Gasteiger partial charge on any atom is -0.360 e. The topological polar surface area (TPSA) is 92.5 Å². The summed E-state index contributed by atoms with van der Waals surface area (Å²) >= 11 is 0. The summed E-state index contributed by atoms with van der Waals surface area (Å²) in [6, 6.07) is 8.70. The van der Waals surface area contributed by atoms with Crippen LogP contribution in [0.5, 0.6) is 0 Å². The van der Waals surface area contributed by atoms with Crippen LogP contribution in [0.15, 0.2) is 34.9 Å². The molecule has 0 saturated carbocycles. The first kappa shape index (κ1) is 17.0. The van der Waals surface area contributed by atoms with Gasteiger partial charge in [0.1, 0.15) is 5.76 Å². The molecule has 0 aliphatic rings. The van der Waals surface area contributed by atoms with E-state index in [4.69, 9.17) is 4.52 Å². The van der Waals surface area contributed by atoms with Crippen LogP contribution in [0.1, 0.15) is 21.7 Å². The highest BCUT2D eigenvalue weighted by Gasteiger charge is 2.20. The molecular weight excluding hydrogens is 318 g/mol. The molecule has 0 bridgehead atoms. The Morgan fingerprint density at radius 2 is 2.04 bits per heavy atom. The standard InChI is InChI=1S/C15H19N3O4S/c1-11-5-4-6-13(9-11)15(19)16-7-8-18(23(3,20)21)14-10-12(2)22-17-14/h4-6,9-10H,7-8H2,1-3H3,(H,16,19). The maximum Gasteiger partial charge on any atom is 0.251 e. The van der Waals surface area contributed by atoms with Gasteiger partial charge in [0.15, 0.2) is 5.82 Å². The van der Waals surface area contributed by atoms with E-state index in [0.717, 1.165) is 16.1 Å². The van der Waals surface area contributed by atoms with Gasteiger partial charge in [-0.25, -0.2) is 12.7 Å². The predicted octanol–water partition coefficient (Wildman–Crippen LogP) is 1.49. The highest BCUT2D eigenvalue weighted by molar-refractivity contribution is 7.92. The van der Waals surface area contributed by atoms with Crippen molar-refractivity contribution in [3.63, 3.8) is 0 Å². The van der Waals surface area contributed by atoms with E-state index in [1.54, 1.807) is 25.1 Å². The minimum atomic E-state index is -3.51. The number of hydrogen-bond donors (Lipinski definition) is 1. The van der Waals surface area contributed by atoms with Crippen molar-refractivity contribution in [2.24, 2.45) is 0 Å². The molecule has 1 N–H and O–H groups in total. The Labute approximate surface area is 135 Å². The largest absolute Gasteiger partial charge is 0.360 e. The molecule has 23 heavy (non-hydrogen) atoms. The molecule has 0 atom stereocenters. The first-order valence-electron chi connectivity index (χ1n) is 7.03. The SMILES string of the molecule is Cc1cccc(C(=O)NCCN(c2cc(C)on2)S(C)(=O)=O)c1. The summed E-state index contributed by atoms with van der Waals surface area (Å²) in [7, 11) is -3.51. The van der Waals surface area contributed by atoms with Gasteiger partial charge in [-0.05, 0) is 26.0 Å². The summed E-state index contributed by atoms with van der Waals surface area (Å²) in [5, 5.41) is 6.41. The predicted molar refractivity (Wildman–Crippen MR) is 86.9 cm³/mol. The Morgan fingerprint density at radius 1 is 1.30 bits per heavy atom. The molecule has 0 aliphatic heterocycles. The Morgan fingerprint density at radius 3 is 2.61 bits per heavy atom. The third-order valence-electron chi connectivity index (χ3n) is 3.15. The molecule has 7 nitrogen and oxygen atoms in total. The van der Waals surface area contributed by atoms with Gasteiger partial charge in [-0.15, -0.1) is 0 Å². The van der Waals surface area contributed by atoms with Gasteiger partial charge >= 0.3 is 0 Å². The van der Waals surface area contributed by atoms with Gasteiger partial charge in [-0.1, -0.05) is 22.9 Å².